The molecule has 1 spiro atoms. The Morgan fingerprint density at radius 2 is 1.90 bits per heavy atom. The van der Waals surface area contributed by atoms with Gasteiger partial charge in [-0.05, 0) is 43.4 Å². The van der Waals surface area contributed by atoms with Gasteiger partial charge in [0, 0.05) is 28.7 Å². The van der Waals surface area contributed by atoms with Crippen molar-refractivity contribution in [2.24, 2.45) is 11.7 Å². The highest BCUT2D eigenvalue weighted by Gasteiger charge is 2.52. The van der Waals surface area contributed by atoms with E-state index in [1.54, 1.807) is 0 Å². The molecule has 2 aliphatic heterocycles. The normalized spacial score (nSPS) is 20.5. The first-order valence-electron chi connectivity index (χ1n) is 14.6. The quantitative estimate of drug-likeness (QED) is 0.167. The Hall–Kier alpha value is -3.48. The molecule has 0 bridgehead atoms. The molecule has 2 aromatic rings. The van der Waals surface area contributed by atoms with Crippen LogP contribution in [0.4, 0.5) is 0 Å². The molecule has 226 valence electrons. The molecular weight excluding hydrogens is 558 g/mol. The summed E-state index contributed by atoms with van der Waals surface area (Å²) in [5.74, 6) is -0.940. The Labute approximate surface area is 249 Å². The number of carbonyl (C=O) groups excluding carboxylic acids is 3. The van der Waals surface area contributed by atoms with Crippen LogP contribution in [0.25, 0.3) is 0 Å². The summed E-state index contributed by atoms with van der Waals surface area (Å²) in [4.78, 5) is 42.1. The molecule has 42 heavy (non-hydrogen) atoms. The second kappa shape index (κ2) is 13.7. The Bertz CT molecular complexity index is 1260. The van der Waals surface area contributed by atoms with E-state index >= 15 is 0 Å². The van der Waals surface area contributed by atoms with Crippen molar-refractivity contribution in [2.75, 3.05) is 32.9 Å². The third-order valence-corrected chi connectivity index (χ3v) is 9.15. The molecule has 3 fully saturated rings. The molecule has 12 heteroatoms. The molecule has 0 radical (unpaired) electrons. The standard InChI is InChI=1S/C30H39N5O6S/c31-28(32)21-15-24(42-18-21)27(20-7-4-5-8-20)34-29(38)23-16-30(40-13-14-41-30)19-35(23)26(37)17-33-25(36)11-6-12-39-22-9-2-1-3-10-22/h1-3,9-10,15,18,20,23,27H,4-8,11-14,16-17,19H2,(H3,31,32)(H,33,36)(H,34,38)/t23?,27-/m1/s1. The number of nitrogens with zero attached hydrogens (tertiary/aromatic N) is 1. The second-order valence-corrected chi connectivity index (χ2v) is 12.0. The van der Waals surface area contributed by atoms with Crippen LogP contribution in [0.5, 0.6) is 5.75 Å². The largest absolute Gasteiger partial charge is 0.494 e. The highest BCUT2D eigenvalue weighted by Crippen LogP contribution is 2.39. The van der Waals surface area contributed by atoms with E-state index in [0.717, 1.165) is 36.3 Å². The van der Waals surface area contributed by atoms with E-state index in [1.807, 2.05) is 41.8 Å². The lowest BCUT2D eigenvalue weighted by Gasteiger charge is -2.28. The summed E-state index contributed by atoms with van der Waals surface area (Å²) in [6.07, 6.45) is 5.11. The topological polar surface area (TPSA) is 156 Å². The van der Waals surface area contributed by atoms with Gasteiger partial charge in [-0.3, -0.25) is 19.8 Å². The van der Waals surface area contributed by atoms with E-state index in [-0.39, 0.29) is 61.4 Å². The van der Waals surface area contributed by atoms with Crippen molar-refractivity contribution in [2.45, 2.75) is 62.8 Å². The van der Waals surface area contributed by atoms with Crippen molar-refractivity contribution < 1.29 is 28.6 Å². The zero-order valence-corrected chi connectivity index (χ0v) is 24.5. The molecule has 1 aliphatic carbocycles. The summed E-state index contributed by atoms with van der Waals surface area (Å²) in [5.41, 5.74) is 6.34. The predicted octanol–water partition coefficient (Wildman–Crippen LogP) is 2.70. The van der Waals surface area contributed by atoms with E-state index in [0.29, 0.717) is 31.8 Å². The maximum Gasteiger partial charge on any atom is 0.243 e. The average molecular weight is 598 g/mol. The van der Waals surface area contributed by atoms with Crippen LogP contribution in [-0.4, -0.2) is 73.2 Å². The molecule has 3 aliphatic rings. The van der Waals surface area contributed by atoms with Gasteiger partial charge in [-0.15, -0.1) is 11.3 Å². The SMILES string of the molecule is N=C(N)c1csc([C@H](NC(=O)C2CC3(CN2C(=O)CNC(=O)CCCOc2ccccc2)OCCO3)C2CCCC2)c1. The maximum absolute atomic E-state index is 13.8. The number of nitrogens with one attached hydrogen (secondary N) is 3. The average Bonchev–Trinajstić information content (AvgIpc) is 3.82. The Kier molecular flexibility index (Phi) is 9.76. The summed E-state index contributed by atoms with van der Waals surface area (Å²) in [6.45, 7) is 1.07. The molecule has 5 N–H and O–H groups in total. The van der Waals surface area contributed by atoms with Gasteiger partial charge in [-0.1, -0.05) is 31.0 Å². The lowest BCUT2D eigenvalue weighted by atomic mass is 9.95. The molecule has 2 atom stereocenters. The minimum Gasteiger partial charge on any atom is -0.494 e. The fourth-order valence-corrected chi connectivity index (χ4v) is 7.01. The second-order valence-electron chi connectivity index (χ2n) is 11.1. The lowest BCUT2D eigenvalue weighted by Crippen LogP contribution is -2.50. The van der Waals surface area contributed by atoms with Gasteiger partial charge < -0.3 is 35.5 Å². The fourth-order valence-electron chi connectivity index (χ4n) is 5.96. The lowest BCUT2D eigenvalue weighted by molar-refractivity contribution is -0.152. The van der Waals surface area contributed by atoms with Gasteiger partial charge in [0.25, 0.3) is 0 Å². The molecule has 2 saturated heterocycles. The minimum absolute atomic E-state index is 0.00944. The van der Waals surface area contributed by atoms with Crippen LogP contribution in [0.1, 0.15) is 61.4 Å². The number of carbonyl (C=O) groups is 3. The molecule has 3 amide bonds. The molecule has 5 rings (SSSR count). The van der Waals surface area contributed by atoms with Gasteiger partial charge >= 0.3 is 0 Å². The number of amidine groups is 1. The highest BCUT2D eigenvalue weighted by atomic mass is 32.1. The van der Waals surface area contributed by atoms with E-state index in [2.05, 4.69) is 10.6 Å². The molecular formula is C30H39N5O6S. The molecule has 1 unspecified atom stereocenters. The van der Waals surface area contributed by atoms with Gasteiger partial charge in [0.15, 0.2) is 5.79 Å². The Balaban J connectivity index is 1.20. The maximum atomic E-state index is 13.8. The van der Waals surface area contributed by atoms with Crippen LogP contribution < -0.4 is 21.1 Å². The minimum atomic E-state index is -1.02. The van der Waals surface area contributed by atoms with Crippen LogP contribution in [-0.2, 0) is 23.9 Å². The number of nitrogens with two attached hydrogens (primary N) is 1. The number of ether oxygens (including phenoxy) is 3. The molecule has 1 aromatic carbocycles. The van der Waals surface area contributed by atoms with Gasteiger partial charge in [0.05, 0.1) is 39.0 Å². The number of nitrogen functional groups attached to an aromatic ring is 1. The Morgan fingerprint density at radius 3 is 2.60 bits per heavy atom. The zero-order valence-electron chi connectivity index (χ0n) is 23.6. The van der Waals surface area contributed by atoms with Crippen molar-refractivity contribution in [3.05, 3.63) is 52.2 Å². The third-order valence-electron chi connectivity index (χ3n) is 8.13. The van der Waals surface area contributed by atoms with Crippen molar-refractivity contribution in [3.63, 3.8) is 0 Å². The van der Waals surface area contributed by atoms with Crippen molar-refractivity contribution in [1.82, 2.24) is 15.5 Å². The van der Waals surface area contributed by atoms with Gasteiger partial charge in [0.2, 0.25) is 17.7 Å². The molecule has 1 aromatic heterocycles. The summed E-state index contributed by atoms with van der Waals surface area (Å²) in [5, 5.41) is 15.5. The number of thiophene rings is 1. The van der Waals surface area contributed by atoms with Crippen LogP contribution in [0.2, 0.25) is 0 Å². The fraction of sp³-hybridized carbons (Fsp3) is 0.533. The van der Waals surface area contributed by atoms with E-state index in [9.17, 15) is 14.4 Å². The number of benzene rings is 1. The molecule has 3 heterocycles. The number of rotatable bonds is 12. The molecule has 11 nitrogen and oxygen atoms in total. The van der Waals surface area contributed by atoms with E-state index in [4.69, 9.17) is 25.4 Å². The smallest absolute Gasteiger partial charge is 0.243 e. The van der Waals surface area contributed by atoms with Crippen LogP contribution in [0.3, 0.4) is 0 Å². The van der Waals surface area contributed by atoms with Crippen molar-refractivity contribution in [3.8, 4) is 5.75 Å². The number of hydrogen-bond donors (Lipinski definition) is 4. The van der Waals surface area contributed by atoms with E-state index < -0.39 is 11.8 Å². The van der Waals surface area contributed by atoms with Crippen LogP contribution in [0.15, 0.2) is 41.8 Å². The van der Waals surface area contributed by atoms with Crippen LogP contribution in [0, 0.1) is 11.3 Å². The number of hydrogen-bond acceptors (Lipinski definition) is 8. The predicted molar refractivity (Wildman–Crippen MR) is 157 cm³/mol. The monoisotopic (exact) mass is 597 g/mol. The highest BCUT2D eigenvalue weighted by molar-refractivity contribution is 7.10. The van der Waals surface area contributed by atoms with Crippen molar-refractivity contribution >= 4 is 34.9 Å². The van der Waals surface area contributed by atoms with Gasteiger partial charge in [-0.25, -0.2) is 0 Å². The summed E-state index contributed by atoms with van der Waals surface area (Å²) in [7, 11) is 0. The summed E-state index contributed by atoms with van der Waals surface area (Å²) >= 11 is 1.48. The first-order chi connectivity index (χ1) is 20.3. The number of likely N-dealkylation sites (tertiary alicyclic amines) is 1. The summed E-state index contributed by atoms with van der Waals surface area (Å²) < 4.78 is 17.4. The Morgan fingerprint density at radius 1 is 1.17 bits per heavy atom. The van der Waals surface area contributed by atoms with Crippen LogP contribution >= 0.6 is 11.3 Å². The molecule has 1 saturated carbocycles. The first kappa shape index (κ1) is 30.0. The number of para-hydroxylation sites is 1. The van der Waals surface area contributed by atoms with Gasteiger partial charge in [-0.2, -0.15) is 0 Å². The number of amides is 3. The zero-order chi connectivity index (χ0) is 29.5. The van der Waals surface area contributed by atoms with Gasteiger partial charge in [0.1, 0.15) is 17.6 Å². The third kappa shape index (κ3) is 7.29. The first-order valence-corrected chi connectivity index (χ1v) is 15.5. The summed E-state index contributed by atoms with van der Waals surface area (Å²) in [6, 6.07) is 10.2. The van der Waals surface area contributed by atoms with E-state index in [1.165, 1.54) is 16.2 Å². The van der Waals surface area contributed by atoms with Crippen molar-refractivity contribution in [1.29, 1.82) is 5.41 Å².